The second-order valence-corrected chi connectivity index (χ2v) is 6.41. The quantitative estimate of drug-likeness (QED) is 0.434. The van der Waals surface area contributed by atoms with E-state index in [4.69, 9.17) is 4.98 Å². The molecule has 4 aromatic heterocycles. The van der Waals surface area contributed by atoms with E-state index in [0.29, 0.717) is 0 Å². The molecule has 0 aliphatic rings. The normalized spacial score (nSPS) is 11.5. The van der Waals surface area contributed by atoms with Gasteiger partial charge >= 0.3 is 0 Å². The van der Waals surface area contributed by atoms with Crippen molar-refractivity contribution in [1.29, 1.82) is 0 Å². The minimum absolute atomic E-state index is 0.960. The maximum Gasteiger partial charge on any atom is 0.126 e. The molecule has 0 aliphatic heterocycles. The van der Waals surface area contributed by atoms with E-state index < -0.39 is 0 Å². The SMILES string of the molecule is c1ccc2nc(-c3ccnc4sc5cccnc5c34)ccc2c1. The number of rotatable bonds is 1. The zero-order valence-corrected chi connectivity index (χ0v) is 12.9. The maximum atomic E-state index is 4.83. The number of hydrogen-bond donors (Lipinski definition) is 0. The monoisotopic (exact) mass is 313 g/mol. The van der Waals surface area contributed by atoms with Crippen LogP contribution >= 0.6 is 11.3 Å². The van der Waals surface area contributed by atoms with Gasteiger partial charge in [-0.25, -0.2) is 9.97 Å². The Kier molecular flexibility index (Phi) is 2.66. The van der Waals surface area contributed by atoms with Crippen LogP contribution in [0.1, 0.15) is 0 Å². The highest BCUT2D eigenvalue weighted by Crippen LogP contribution is 2.37. The van der Waals surface area contributed by atoms with E-state index in [9.17, 15) is 0 Å². The first-order valence-electron chi connectivity index (χ1n) is 7.38. The Morgan fingerprint density at radius 1 is 0.783 bits per heavy atom. The predicted octanol–water partition coefficient (Wildman–Crippen LogP) is 5.06. The van der Waals surface area contributed by atoms with Crippen LogP contribution < -0.4 is 0 Å². The molecular formula is C19H11N3S. The highest BCUT2D eigenvalue weighted by molar-refractivity contribution is 7.25. The third-order valence-electron chi connectivity index (χ3n) is 4.00. The first-order chi connectivity index (χ1) is 11.4. The minimum Gasteiger partial charge on any atom is -0.255 e. The minimum atomic E-state index is 0.960. The van der Waals surface area contributed by atoms with E-state index in [1.807, 2.05) is 42.7 Å². The second-order valence-electron chi connectivity index (χ2n) is 5.38. The number of aromatic nitrogens is 3. The van der Waals surface area contributed by atoms with Gasteiger partial charge in [0, 0.05) is 28.7 Å². The molecule has 23 heavy (non-hydrogen) atoms. The lowest BCUT2D eigenvalue weighted by Crippen LogP contribution is -1.87. The lowest BCUT2D eigenvalue weighted by molar-refractivity contribution is 1.38. The number of fused-ring (bicyclic) bond motifs is 4. The van der Waals surface area contributed by atoms with E-state index >= 15 is 0 Å². The van der Waals surface area contributed by atoms with E-state index in [2.05, 4.69) is 34.2 Å². The van der Waals surface area contributed by atoms with Crippen LogP contribution in [0.2, 0.25) is 0 Å². The van der Waals surface area contributed by atoms with Gasteiger partial charge in [0.05, 0.1) is 21.4 Å². The molecule has 0 bridgehead atoms. The first-order valence-corrected chi connectivity index (χ1v) is 8.20. The van der Waals surface area contributed by atoms with Crippen molar-refractivity contribution in [1.82, 2.24) is 15.0 Å². The lowest BCUT2D eigenvalue weighted by Gasteiger charge is -2.05. The molecule has 0 aliphatic carbocycles. The van der Waals surface area contributed by atoms with Crippen molar-refractivity contribution in [3.8, 4) is 11.3 Å². The zero-order valence-electron chi connectivity index (χ0n) is 12.1. The predicted molar refractivity (Wildman–Crippen MR) is 95.7 cm³/mol. The Morgan fingerprint density at radius 3 is 2.74 bits per heavy atom. The van der Waals surface area contributed by atoms with Gasteiger partial charge in [0.2, 0.25) is 0 Å². The molecule has 0 saturated heterocycles. The first kappa shape index (κ1) is 12.7. The Balaban J connectivity index is 1.87. The lowest BCUT2D eigenvalue weighted by atomic mass is 10.1. The largest absolute Gasteiger partial charge is 0.255 e. The summed E-state index contributed by atoms with van der Waals surface area (Å²) in [4.78, 5) is 14.9. The maximum absolute atomic E-state index is 4.83. The van der Waals surface area contributed by atoms with Crippen LogP contribution in [0.4, 0.5) is 0 Å². The van der Waals surface area contributed by atoms with Crippen LogP contribution in [0.15, 0.2) is 67.0 Å². The summed E-state index contributed by atoms with van der Waals surface area (Å²) in [6.45, 7) is 0. The van der Waals surface area contributed by atoms with E-state index in [-0.39, 0.29) is 0 Å². The van der Waals surface area contributed by atoms with Crippen molar-refractivity contribution in [3.63, 3.8) is 0 Å². The van der Waals surface area contributed by atoms with Crippen LogP contribution in [0, 0.1) is 0 Å². The Hall–Kier alpha value is -2.85. The third-order valence-corrected chi connectivity index (χ3v) is 5.06. The molecule has 0 fully saturated rings. The molecule has 1 aromatic carbocycles. The fourth-order valence-corrected chi connectivity index (χ4v) is 3.97. The summed E-state index contributed by atoms with van der Waals surface area (Å²) in [5.74, 6) is 0. The Labute approximate surface area is 136 Å². The molecule has 4 heterocycles. The van der Waals surface area contributed by atoms with Gasteiger partial charge in [-0.15, -0.1) is 11.3 Å². The highest BCUT2D eigenvalue weighted by atomic mass is 32.1. The summed E-state index contributed by atoms with van der Waals surface area (Å²) in [5, 5.41) is 2.24. The molecule has 0 amide bonds. The van der Waals surface area contributed by atoms with Crippen LogP contribution in [0.3, 0.4) is 0 Å². The third kappa shape index (κ3) is 1.92. The van der Waals surface area contributed by atoms with Crippen molar-refractivity contribution >= 4 is 42.7 Å². The molecule has 3 nitrogen and oxygen atoms in total. The van der Waals surface area contributed by atoms with Gasteiger partial charge in [0.15, 0.2) is 0 Å². The smallest absolute Gasteiger partial charge is 0.126 e. The molecule has 4 heteroatoms. The summed E-state index contributed by atoms with van der Waals surface area (Å²) < 4.78 is 1.16. The Morgan fingerprint density at radius 2 is 1.74 bits per heavy atom. The molecule has 108 valence electrons. The number of benzene rings is 1. The van der Waals surface area contributed by atoms with Gasteiger partial charge in [-0.1, -0.05) is 24.3 Å². The van der Waals surface area contributed by atoms with Gasteiger partial charge in [-0.2, -0.15) is 0 Å². The summed E-state index contributed by atoms with van der Waals surface area (Å²) in [7, 11) is 0. The summed E-state index contributed by atoms with van der Waals surface area (Å²) in [5.41, 5.74) is 4.06. The average molecular weight is 313 g/mol. The molecular weight excluding hydrogens is 302 g/mol. The van der Waals surface area contributed by atoms with E-state index in [1.54, 1.807) is 11.3 Å². The average Bonchev–Trinajstić information content (AvgIpc) is 3.00. The number of para-hydroxylation sites is 1. The Bertz CT molecular complexity index is 1180. The topological polar surface area (TPSA) is 38.7 Å². The molecule has 0 N–H and O–H groups in total. The van der Waals surface area contributed by atoms with Crippen molar-refractivity contribution in [2.75, 3.05) is 0 Å². The number of pyridine rings is 3. The van der Waals surface area contributed by atoms with Gasteiger partial charge in [-0.3, -0.25) is 4.98 Å². The van der Waals surface area contributed by atoms with E-state index in [1.165, 1.54) is 0 Å². The summed E-state index contributed by atoms with van der Waals surface area (Å²) >= 11 is 1.67. The number of hydrogen-bond acceptors (Lipinski definition) is 4. The number of nitrogens with zero attached hydrogens (tertiary/aromatic N) is 3. The van der Waals surface area contributed by atoms with Gasteiger partial charge < -0.3 is 0 Å². The molecule has 5 aromatic rings. The molecule has 0 radical (unpaired) electrons. The van der Waals surface area contributed by atoms with Gasteiger partial charge in [0.1, 0.15) is 4.83 Å². The molecule has 5 rings (SSSR count). The van der Waals surface area contributed by atoms with Gasteiger partial charge in [0.25, 0.3) is 0 Å². The van der Waals surface area contributed by atoms with Crippen LogP contribution in [-0.2, 0) is 0 Å². The van der Waals surface area contributed by atoms with Crippen LogP contribution in [-0.4, -0.2) is 15.0 Å². The molecule has 0 unspecified atom stereocenters. The zero-order chi connectivity index (χ0) is 15.2. The van der Waals surface area contributed by atoms with Crippen molar-refractivity contribution < 1.29 is 0 Å². The van der Waals surface area contributed by atoms with Crippen molar-refractivity contribution in [3.05, 3.63) is 67.0 Å². The standard InChI is InChI=1S/C19H11N3S/c1-2-5-14-12(4-1)7-8-15(22-14)13-9-11-21-19-17(13)18-16(23-19)6-3-10-20-18/h1-11H. The van der Waals surface area contributed by atoms with Crippen molar-refractivity contribution in [2.45, 2.75) is 0 Å². The second kappa shape index (κ2) is 4.83. The summed E-state index contributed by atoms with van der Waals surface area (Å²) in [6.07, 6.45) is 3.68. The highest BCUT2D eigenvalue weighted by Gasteiger charge is 2.13. The van der Waals surface area contributed by atoms with Crippen molar-refractivity contribution in [2.24, 2.45) is 0 Å². The molecule has 0 atom stereocenters. The summed E-state index contributed by atoms with van der Waals surface area (Å²) in [6, 6.07) is 18.4. The van der Waals surface area contributed by atoms with Gasteiger partial charge in [-0.05, 0) is 30.3 Å². The van der Waals surface area contributed by atoms with Crippen LogP contribution in [0.5, 0.6) is 0 Å². The fraction of sp³-hybridized carbons (Fsp3) is 0. The van der Waals surface area contributed by atoms with E-state index in [0.717, 1.165) is 42.6 Å². The number of thiophene rings is 1. The molecule has 0 spiro atoms. The van der Waals surface area contributed by atoms with Crippen LogP contribution in [0.25, 0.3) is 42.6 Å². The molecule has 0 saturated carbocycles. The fourth-order valence-electron chi connectivity index (χ4n) is 2.94.